The fraction of sp³-hybridized carbons (Fsp3) is 0.417. The molecule has 0 aliphatic carbocycles. The van der Waals surface area contributed by atoms with E-state index in [1.54, 1.807) is 31.0 Å². The monoisotopic (exact) mass is 503 g/mol. The molecule has 2 aliphatic heterocycles. The van der Waals surface area contributed by atoms with Crippen molar-refractivity contribution in [1.29, 1.82) is 5.26 Å². The van der Waals surface area contributed by atoms with Gasteiger partial charge in [0.05, 0.1) is 35.6 Å². The number of amides is 1. The van der Waals surface area contributed by atoms with E-state index >= 15 is 0 Å². The lowest BCUT2D eigenvalue weighted by atomic mass is 10.0. The van der Waals surface area contributed by atoms with E-state index in [0.29, 0.717) is 6.61 Å². The van der Waals surface area contributed by atoms with E-state index in [1.807, 2.05) is 19.1 Å². The standard InChI is InChI=1S/C24H24F3N5O2S/c1-15-13-30(8-9-34-15)20-7-4-16(12-29-20)14-31-22(35)32(21(33)23(31,2)3)18-6-5-17(11-28)19(10-18)24(25,26)27/h4-7,10,12,15H,8-9,13-14H2,1-3H3. The summed E-state index contributed by atoms with van der Waals surface area (Å²) in [6.45, 7) is 7.72. The number of aromatic nitrogens is 1. The van der Waals surface area contributed by atoms with Gasteiger partial charge in [-0.05, 0) is 62.8 Å². The highest BCUT2D eigenvalue weighted by atomic mass is 32.1. The fourth-order valence-electron chi connectivity index (χ4n) is 4.24. The molecule has 0 spiro atoms. The van der Waals surface area contributed by atoms with Gasteiger partial charge in [0, 0.05) is 25.8 Å². The minimum absolute atomic E-state index is 0.0307. The second-order valence-electron chi connectivity index (χ2n) is 9.06. The largest absolute Gasteiger partial charge is 0.417 e. The average molecular weight is 504 g/mol. The van der Waals surface area contributed by atoms with E-state index in [2.05, 4.69) is 9.88 Å². The van der Waals surface area contributed by atoms with Crippen LogP contribution in [-0.2, 0) is 22.3 Å². The number of carbonyl (C=O) groups excluding carboxylic acids is 1. The minimum atomic E-state index is -4.74. The smallest absolute Gasteiger partial charge is 0.375 e. The lowest BCUT2D eigenvalue weighted by Gasteiger charge is -2.32. The molecule has 4 rings (SSSR count). The van der Waals surface area contributed by atoms with Crippen LogP contribution in [-0.4, -0.2) is 52.2 Å². The molecular weight excluding hydrogens is 479 g/mol. The summed E-state index contributed by atoms with van der Waals surface area (Å²) in [6, 6.07) is 8.50. The second-order valence-corrected chi connectivity index (χ2v) is 9.42. The topological polar surface area (TPSA) is 72.7 Å². The molecule has 1 unspecified atom stereocenters. The summed E-state index contributed by atoms with van der Waals surface area (Å²) in [4.78, 5) is 22.7. The van der Waals surface area contributed by atoms with Crippen LogP contribution in [0.5, 0.6) is 0 Å². The second kappa shape index (κ2) is 9.09. The third-order valence-corrected chi connectivity index (χ3v) is 6.63. The van der Waals surface area contributed by atoms with Crippen LogP contribution < -0.4 is 9.80 Å². The molecule has 35 heavy (non-hydrogen) atoms. The number of ether oxygens (including phenoxy) is 1. The summed E-state index contributed by atoms with van der Waals surface area (Å²) >= 11 is 5.55. The van der Waals surface area contributed by atoms with E-state index in [4.69, 9.17) is 22.2 Å². The van der Waals surface area contributed by atoms with Gasteiger partial charge < -0.3 is 14.5 Å². The molecule has 11 heteroatoms. The maximum atomic E-state index is 13.5. The van der Waals surface area contributed by atoms with Crippen molar-refractivity contribution in [3.63, 3.8) is 0 Å². The van der Waals surface area contributed by atoms with Gasteiger partial charge in [0.25, 0.3) is 5.91 Å². The van der Waals surface area contributed by atoms with Crippen molar-refractivity contribution in [2.45, 2.75) is 45.1 Å². The van der Waals surface area contributed by atoms with Crippen LogP contribution in [0.3, 0.4) is 0 Å². The Balaban J connectivity index is 1.59. The van der Waals surface area contributed by atoms with Gasteiger partial charge in [-0.3, -0.25) is 9.69 Å². The Morgan fingerprint density at radius 1 is 1.29 bits per heavy atom. The SMILES string of the molecule is CC1CN(c2ccc(CN3C(=S)N(c4ccc(C#N)c(C(F)(F)F)c4)C(=O)C3(C)C)cn2)CCO1. The number of rotatable bonds is 4. The zero-order valence-corrected chi connectivity index (χ0v) is 20.3. The molecule has 0 N–H and O–H groups in total. The maximum Gasteiger partial charge on any atom is 0.417 e. The number of nitrogens with zero attached hydrogens (tertiary/aromatic N) is 5. The highest BCUT2D eigenvalue weighted by Gasteiger charge is 2.50. The number of thiocarbonyl (C=S) groups is 1. The molecule has 3 heterocycles. The fourth-order valence-corrected chi connectivity index (χ4v) is 4.72. The molecule has 184 valence electrons. The van der Waals surface area contributed by atoms with Gasteiger partial charge in [-0.15, -0.1) is 0 Å². The van der Waals surface area contributed by atoms with Crippen molar-refractivity contribution in [3.8, 4) is 6.07 Å². The number of nitriles is 1. The Kier molecular flexibility index (Phi) is 6.46. The van der Waals surface area contributed by atoms with Crippen LogP contribution in [0.4, 0.5) is 24.7 Å². The molecule has 7 nitrogen and oxygen atoms in total. The first-order valence-electron chi connectivity index (χ1n) is 11.0. The number of hydrogen-bond acceptors (Lipinski definition) is 6. The van der Waals surface area contributed by atoms with Crippen LogP contribution in [0, 0.1) is 11.3 Å². The summed E-state index contributed by atoms with van der Waals surface area (Å²) < 4.78 is 46.0. The molecule has 0 radical (unpaired) electrons. The molecular formula is C24H24F3N5O2S. The Bertz CT molecular complexity index is 1190. The van der Waals surface area contributed by atoms with Crippen molar-refractivity contribution in [3.05, 3.63) is 53.2 Å². The first-order valence-corrected chi connectivity index (χ1v) is 11.4. The van der Waals surface area contributed by atoms with Crippen LogP contribution in [0.15, 0.2) is 36.5 Å². The number of benzene rings is 1. The molecule has 0 bridgehead atoms. The van der Waals surface area contributed by atoms with Crippen molar-refractivity contribution in [1.82, 2.24) is 9.88 Å². The third kappa shape index (κ3) is 4.68. The summed E-state index contributed by atoms with van der Waals surface area (Å²) in [5, 5.41) is 9.15. The lowest BCUT2D eigenvalue weighted by Crippen LogP contribution is -2.43. The quantitative estimate of drug-likeness (QED) is 0.582. The van der Waals surface area contributed by atoms with E-state index in [1.165, 1.54) is 6.07 Å². The van der Waals surface area contributed by atoms with Crippen molar-refractivity contribution in [2.24, 2.45) is 0 Å². The van der Waals surface area contributed by atoms with E-state index in [0.717, 1.165) is 41.5 Å². The van der Waals surface area contributed by atoms with Crippen molar-refractivity contribution < 1.29 is 22.7 Å². The van der Waals surface area contributed by atoms with Crippen LogP contribution >= 0.6 is 12.2 Å². The van der Waals surface area contributed by atoms with Gasteiger partial charge in [-0.25, -0.2) is 4.98 Å². The zero-order valence-electron chi connectivity index (χ0n) is 19.5. The number of alkyl halides is 3. The van der Waals surface area contributed by atoms with Gasteiger partial charge in [0.2, 0.25) is 0 Å². The molecule has 1 aromatic heterocycles. The first-order chi connectivity index (χ1) is 16.4. The van der Waals surface area contributed by atoms with Gasteiger partial charge in [-0.1, -0.05) is 6.07 Å². The molecule has 2 aromatic rings. The highest BCUT2D eigenvalue weighted by molar-refractivity contribution is 7.80. The first kappa shape index (κ1) is 24.9. The van der Waals surface area contributed by atoms with Gasteiger partial charge in [-0.2, -0.15) is 18.4 Å². The normalized spacial score (nSPS) is 20.4. The zero-order chi connectivity index (χ0) is 25.5. The van der Waals surface area contributed by atoms with Crippen molar-refractivity contribution in [2.75, 3.05) is 29.5 Å². The molecule has 1 amide bonds. The number of anilines is 2. The average Bonchev–Trinajstić information content (AvgIpc) is 2.98. The number of halogens is 3. The summed E-state index contributed by atoms with van der Waals surface area (Å²) in [5.74, 6) is 0.370. The Labute approximate surface area is 206 Å². The Morgan fingerprint density at radius 3 is 2.63 bits per heavy atom. The number of carbonyl (C=O) groups is 1. The Morgan fingerprint density at radius 2 is 2.03 bits per heavy atom. The number of pyridine rings is 1. The molecule has 1 aromatic carbocycles. The molecule has 0 saturated carbocycles. The predicted molar refractivity (Wildman–Crippen MR) is 128 cm³/mol. The predicted octanol–water partition coefficient (Wildman–Crippen LogP) is 4.11. The van der Waals surface area contributed by atoms with Crippen molar-refractivity contribution >= 4 is 34.7 Å². The van der Waals surface area contributed by atoms with Crippen LogP contribution in [0.1, 0.15) is 37.5 Å². The lowest BCUT2D eigenvalue weighted by molar-refractivity contribution is -0.137. The van der Waals surface area contributed by atoms with E-state index in [-0.39, 0.29) is 23.4 Å². The minimum Gasteiger partial charge on any atom is -0.375 e. The third-order valence-electron chi connectivity index (χ3n) is 6.23. The number of morpholine rings is 1. The maximum absolute atomic E-state index is 13.5. The number of hydrogen-bond donors (Lipinski definition) is 0. The van der Waals surface area contributed by atoms with Gasteiger partial charge >= 0.3 is 6.18 Å². The van der Waals surface area contributed by atoms with Crippen LogP contribution in [0.25, 0.3) is 0 Å². The summed E-state index contributed by atoms with van der Waals surface area (Å²) in [7, 11) is 0. The van der Waals surface area contributed by atoms with Gasteiger partial charge in [0.15, 0.2) is 5.11 Å². The molecule has 2 saturated heterocycles. The highest BCUT2D eigenvalue weighted by Crippen LogP contribution is 2.38. The molecule has 1 atom stereocenters. The Hall–Kier alpha value is -3.23. The summed E-state index contributed by atoms with van der Waals surface area (Å²) in [5.41, 5.74) is -1.95. The molecule has 2 aliphatic rings. The summed E-state index contributed by atoms with van der Waals surface area (Å²) in [6.07, 6.45) is -2.91. The van der Waals surface area contributed by atoms with E-state index < -0.39 is 28.7 Å². The van der Waals surface area contributed by atoms with E-state index in [9.17, 15) is 18.0 Å². The van der Waals surface area contributed by atoms with Gasteiger partial charge in [0.1, 0.15) is 11.4 Å². The van der Waals surface area contributed by atoms with Crippen LogP contribution in [0.2, 0.25) is 0 Å². The molecule has 2 fully saturated rings.